The zero-order valence-corrected chi connectivity index (χ0v) is 30.3. The number of H-pyrrole nitrogens is 2. The quantitative estimate of drug-likeness (QED) is 0.133. The van der Waals surface area contributed by atoms with Gasteiger partial charge in [-0.25, -0.2) is 4.79 Å². The summed E-state index contributed by atoms with van der Waals surface area (Å²) in [6.45, 7) is 5.43. The number of aromatic nitrogens is 2. The van der Waals surface area contributed by atoms with E-state index in [2.05, 4.69) is 44.5 Å². The van der Waals surface area contributed by atoms with Gasteiger partial charge < -0.3 is 30.0 Å². The highest BCUT2D eigenvalue weighted by atomic mass is 16.2. The maximum Gasteiger partial charge on any atom is 0.317 e. The van der Waals surface area contributed by atoms with Gasteiger partial charge in [0.25, 0.3) is 11.8 Å². The van der Waals surface area contributed by atoms with Crippen LogP contribution in [0.25, 0.3) is 21.8 Å². The minimum atomic E-state index is -0.180. The Balaban J connectivity index is 0.986. The molecular weight excluding hydrogens is 663 g/mol. The average Bonchev–Trinajstić information content (AvgIpc) is 3.83. The molecule has 0 radical (unpaired) electrons. The lowest BCUT2D eigenvalue weighted by Crippen LogP contribution is -2.52. The van der Waals surface area contributed by atoms with Crippen LogP contribution in [0.2, 0.25) is 0 Å². The van der Waals surface area contributed by atoms with Crippen molar-refractivity contribution in [1.29, 1.82) is 0 Å². The number of rotatable bonds is 13. The number of hydrogen-bond donors (Lipinski definition) is 3. The third kappa shape index (κ3) is 8.45. The van der Waals surface area contributed by atoms with Crippen molar-refractivity contribution in [1.82, 2.24) is 34.9 Å². The maximum atomic E-state index is 14.5. The van der Waals surface area contributed by atoms with Gasteiger partial charge in [-0.3, -0.25) is 14.5 Å². The van der Waals surface area contributed by atoms with Gasteiger partial charge in [0.15, 0.2) is 0 Å². The molecule has 0 unspecified atom stereocenters. The number of fused-ring (bicyclic) bond motifs is 2. The van der Waals surface area contributed by atoms with E-state index in [0.29, 0.717) is 69.8 Å². The van der Waals surface area contributed by atoms with Crippen molar-refractivity contribution < 1.29 is 14.4 Å². The molecule has 2 aromatic heterocycles. The molecule has 0 bridgehead atoms. The second-order valence-electron chi connectivity index (χ2n) is 13.8. The molecule has 6 aromatic rings. The highest BCUT2D eigenvalue weighted by Gasteiger charge is 2.26. The van der Waals surface area contributed by atoms with Gasteiger partial charge in [0, 0.05) is 100 Å². The minimum Gasteiger partial charge on any atom is -0.361 e. The molecule has 0 atom stereocenters. The molecule has 10 heteroatoms. The molecule has 7 rings (SSSR count). The minimum absolute atomic E-state index is 0.0565. The first-order chi connectivity index (χ1) is 25.9. The molecule has 0 saturated carbocycles. The fourth-order valence-electron chi connectivity index (χ4n) is 7.19. The van der Waals surface area contributed by atoms with Crippen LogP contribution in [-0.4, -0.2) is 107 Å². The van der Waals surface area contributed by atoms with Crippen LogP contribution in [0.1, 0.15) is 37.4 Å². The monoisotopic (exact) mass is 709 g/mol. The summed E-state index contributed by atoms with van der Waals surface area (Å²) in [5.74, 6) is -0.329. The molecule has 4 aromatic carbocycles. The lowest BCUT2D eigenvalue weighted by molar-refractivity contribution is 0.0722. The number of para-hydroxylation sites is 2. The lowest BCUT2D eigenvalue weighted by atomic mass is 10.0. The van der Waals surface area contributed by atoms with Crippen molar-refractivity contribution >= 4 is 39.7 Å². The van der Waals surface area contributed by atoms with Gasteiger partial charge in [0.05, 0.1) is 11.1 Å². The molecule has 10 nitrogen and oxygen atoms in total. The van der Waals surface area contributed by atoms with Crippen molar-refractivity contribution in [3.8, 4) is 0 Å². The summed E-state index contributed by atoms with van der Waals surface area (Å²) in [5.41, 5.74) is 6.35. The number of piperazine rings is 1. The maximum absolute atomic E-state index is 14.5. The number of hydrogen-bond acceptors (Lipinski definition) is 4. The number of aromatic amines is 2. The van der Waals surface area contributed by atoms with E-state index >= 15 is 0 Å². The van der Waals surface area contributed by atoms with E-state index in [1.807, 2.05) is 88.9 Å². The number of benzene rings is 4. The van der Waals surface area contributed by atoms with Crippen LogP contribution in [0.15, 0.2) is 116 Å². The van der Waals surface area contributed by atoms with Gasteiger partial charge in [-0.05, 0) is 53.8 Å². The summed E-state index contributed by atoms with van der Waals surface area (Å²) in [5, 5.41) is 5.32. The number of likely N-dealkylation sites (N-methyl/N-ethyl adjacent to an activating group) is 1. The van der Waals surface area contributed by atoms with Gasteiger partial charge in [0.1, 0.15) is 0 Å². The molecule has 4 amide bonds. The van der Waals surface area contributed by atoms with Crippen molar-refractivity contribution in [2.75, 3.05) is 59.4 Å². The molecule has 3 heterocycles. The summed E-state index contributed by atoms with van der Waals surface area (Å²) < 4.78 is 0. The van der Waals surface area contributed by atoms with Crippen molar-refractivity contribution in [3.05, 3.63) is 143 Å². The number of amides is 4. The Morgan fingerprint density at radius 2 is 1.17 bits per heavy atom. The first-order valence-electron chi connectivity index (χ1n) is 18.5. The molecule has 0 aliphatic carbocycles. The molecule has 1 aliphatic heterocycles. The first-order valence-corrected chi connectivity index (χ1v) is 18.5. The van der Waals surface area contributed by atoms with Gasteiger partial charge in [0.2, 0.25) is 0 Å². The number of nitrogens with zero attached hydrogens (tertiary/aromatic N) is 4. The molecule has 3 N–H and O–H groups in total. The van der Waals surface area contributed by atoms with Crippen molar-refractivity contribution in [2.24, 2.45) is 0 Å². The highest BCUT2D eigenvalue weighted by molar-refractivity contribution is 6.07. The van der Waals surface area contributed by atoms with E-state index < -0.39 is 0 Å². The Morgan fingerprint density at radius 1 is 0.642 bits per heavy atom. The molecule has 53 heavy (non-hydrogen) atoms. The molecule has 0 spiro atoms. The zero-order chi connectivity index (χ0) is 36.6. The van der Waals surface area contributed by atoms with Gasteiger partial charge >= 0.3 is 6.03 Å². The van der Waals surface area contributed by atoms with Crippen LogP contribution in [0.5, 0.6) is 0 Å². The Hall–Kier alpha value is -5.87. The standard InChI is InChI=1S/C43H47N7O3/c1-47(23-24-48-25-27-50(28-26-48)43(53)46-29-32-11-3-2-4-12-32)41(51)37-15-5-6-16-38(37)42(52)49(21-19-33-30-44-39-17-9-7-13-35(33)39)22-20-34-31-45-40-18-10-8-14-36(34)40/h2-18,30-31,44-45H,19-29H2,1H3,(H,46,53). The normalized spacial score (nSPS) is 13.3. The third-order valence-electron chi connectivity index (χ3n) is 10.4. The smallest absolute Gasteiger partial charge is 0.317 e. The lowest BCUT2D eigenvalue weighted by Gasteiger charge is -2.35. The fourth-order valence-corrected chi connectivity index (χ4v) is 7.19. The van der Waals surface area contributed by atoms with E-state index in [0.717, 1.165) is 51.6 Å². The number of urea groups is 1. The predicted molar refractivity (Wildman–Crippen MR) is 210 cm³/mol. The fraction of sp³-hybridized carbons (Fsp3) is 0.279. The first kappa shape index (κ1) is 35.5. The van der Waals surface area contributed by atoms with Crippen LogP contribution in [-0.2, 0) is 19.4 Å². The summed E-state index contributed by atoms with van der Waals surface area (Å²) in [4.78, 5) is 55.6. The highest BCUT2D eigenvalue weighted by Crippen LogP contribution is 2.22. The van der Waals surface area contributed by atoms with E-state index in [1.165, 1.54) is 0 Å². The zero-order valence-electron chi connectivity index (χ0n) is 30.3. The van der Waals surface area contributed by atoms with Crippen LogP contribution < -0.4 is 5.32 Å². The van der Waals surface area contributed by atoms with Crippen LogP contribution in [0.4, 0.5) is 4.79 Å². The average molecular weight is 710 g/mol. The SMILES string of the molecule is CN(CCN1CCN(C(=O)NCc2ccccc2)CC1)C(=O)c1ccccc1C(=O)N(CCc1c[nH]c2ccccc12)CCc1c[nH]c2ccccc12. The van der Waals surface area contributed by atoms with E-state index in [1.54, 1.807) is 24.1 Å². The Kier molecular flexibility index (Phi) is 11.2. The predicted octanol–water partition coefficient (Wildman–Crippen LogP) is 6.18. The number of carbonyl (C=O) groups excluding carboxylic acids is 3. The van der Waals surface area contributed by atoms with E-state index in [4.69, 9.17) is 0 Å². The second kappa shape index (κ2) is 16.6. The van der Waals surface area contributed by atoms with Crippen LogP contribution in [0, 0.1) is 0 Å². The number of nitrogens with one attached hydrogen (secondary N) is 3. The Morgan fingerprint density at radius 3 is 1.77 bits per heavy atom. The van der Waals surface area contributed by atoms with Crippen LogP contribution in [0.3, 0.4) is 0 Å². The Labute approximate surface area is 310 Å². The number of carbonyl (C=O) groups is 3. The topological polar surface area (TPSA) is 108 Å². The van der Waals surface area contributed by atoms with E-state index in [9.17, 15) is 14.4 Å². The van der Waals surface area contributed by atoms with E-state index in [-0.39, 0.29) is 17.8 Å². The van der Waals surface area contributed by atoms with Gasteiger partial charge in [-0.15, -0.1) is 0 Å². The molecule has 1 saturated heterocycles. The van der Waals surface area contributed by atoms with Gasteiger partial charge in [-0.1, -0.05) is 78.9 Å². The third-order valence-corrected chi connectivity index (χ3v) is 10.4. The summed E-state index contributed by atoms with van der Waals surface area (Å²) in [6, 6.07) is 33.4. The Bertz CT molecular complexity index is 2090. The molecule has 272 valence electrons. The van der Waals surface area contributed by atoms with Crippen molar-refractivity contribution in [2.45, 2.75) is 19.4 Å². The summed E-state index contributed by atoms with van der Waals surface area (Å²) >= 11 is 0. The molecule has 1 fully saturated rings. The van der Waals surface area contributed by atoms with Crippen molar-refractivity contribution in [3.63, 3.8) is 0 Å². The summed E-state index contributed by atoms with van der Waals surface area (Å²) in [6.07, 6.45) is 5.42. The second-order valence-corrected chi connectivity index (χ2v) is 13.8. The summed E-state index contributed by atoms with van der Waals surface area (Å²) in [7, 11) is 1.79. The van der Waals surface area contributed by atoms with Crippen LogP contribution >= 0.6 is 0 Å². The molecule has 1 aliphatic rings. The molecular formula is C43H47N7O3. The van der Waals surface area contributed by atoms with Gasteiger partial charge in [-0.2, -0.15) is 0 Å². The largest absolute Gasteiger partial charge is 0.361 e.